The van der Waals surface area contributed by atoms with Crippen LogP contribution in [0.15, 0.2) is 12.3 Å². The quantitative estimate of drug-likeness (QED) is 0.881. The van der Waals surface area contributed by atoms with E-state index in [0.717, 1.165) is 0 Å². The molecule has 0 aromatic carbocycles. The molecule has 2 rings (SSSR count). The van der Waals surface area contributed by atoms with Gasteiger partial charge in [-0.05, 0) is 26.0 Å². The molecule has 8 heteroatoms. The van der Waals surface area contributed by atoms with Gasteiger partial charge >= 0.3 is 6.18 Å². The molecule has 1 aromatic heterocycles. The molecule has 2 atom stereocenters. The number of halogens is 4. The normalized spacial score (nSPS) is 24.6. The van der Waals surface area contributed by atoms with Crippen LogP contribution in [0.3, 0.4) is 0 Å². The van der Waals surface area contributed by atoms with Gasteiger partial charge in [-0.2, -0.15) is 13.2 Å². The highest BCUT2D eigenvalue weighted by molar-refractivity contribution is 6.30. The molecule has 0 spiro atoms. The van der Waals surface area contributed by atoms with Crippen LogP contribution >= 0.6 is 11.6 Å². The maximum absolute atomic E-state index is 12.7. The lowest BCUT2D eigenvalue weighted by Gasteiger charge is -2.38. The standard InChI is InChI=1S/C12H15ClF3N3O/c1-19-6-8(2-3-10(19)12(14,15)16)18-11(20)9-4-7(13)5-17-9/h4-5,8,10,17H,2-3,6H2,1H3,(H,18,20)/t8-,10+/m1/s1. The Kier molecular flexibility index (Phi) is 4.29. The minimum absolute atomic E-state index is 0.0174. The van der Waals surface area contributed by atoms with Gasteiger partial charge in [0, 0.05) is 18.8 Å². The monoisotopic (exact) mass is 309 g/mol. The van der Waals surface area contributed by atoms with Gasteiger partial charge in [-0.1, -0.05) is 11.6 Å². The zero-order valence-electron chi connectivity index (χ0n) is 10.8. The average Bonchev–Trinajstić information content (AvgIpc) is 2.74. The fourth-order valence-corrected chi connectivity index (χ4v) is 2.60. The number of nitrogens with one attached hydrogen (secondary N) is 2. The van der Waals surface area contributed by atoms with Crippen LogP contribution in [-0.4, -0.2) is 47.6 Å². The van der Waals surface area contributed by atoms with Crippen molar-refractivity contribution < 1.29 is 18.0 Å². The summed E-state index contributed by atoms with van der Waals surface area (Å²) in [6, 6.07) is -0.258. The largest absolute Gasteiger partial charge is 0.404 e. The first-order valence-corrected chi connectivity index (χ1v) is 6.57. The van der Waals surface area contributed by atoms with Crippen molar-refractivity contribution in [2.24, 2.45) is 0 Å². The molecular formula is C12H15ClF3N3O. The number of rotatable bonds is 2. The first kappa shape index (κ1) is 15.2. The summed E-state index contributed by atoms with van der Waals surface area (Å²) < 4.78 is 38.1. The summed E-state index contributed by atoms with van der Waals surface area (Å²) in [6.45, 7) is 0.171. The van der Waals surface area contributed by atoms with Gasteiger partial charge in [0.15, 0.2) is 0 Å². The van der Waals surface area contributed by atoms with E-state index < -0.39 is 12.2 Å². The highest BCUT2D eigenvalue weighted by atomic mass is 35.5. The Morgan fingerprint density at radius 1 is 1.50 bits per heavy atom. The minimum Gasteiger partial charge on any atom is -0.356 e. The molecule has 0 radical (unpaired) electrons. The summed E-state index contributed by atoms with van der Waals surface area (Å²) in [4.78, 5) is 15.8. The molecule has 0 unspecified atom stereocenters. The van der Waals surface area contributed by atoms with Crippen LogP contribution in [0.5, 0.6) is 0 Å². The summed E-state index contributed by atoms with van der Waals surface area (Å²) in [5.74, 6) is -0.360. The van der Waals surface area contributed by atoms with E-state index in [9.17, 15) is 18.0 Å². The molecule has 4 nitrogen and oxygen atoms in total. The highest BCUT2D eigenvalue weighted by Gasteiger charge is 2.44. The second kappa shape index (κ2) is 5.65. The van der Waals surface area contributed by atoms with E-state index in [1.165, 1.54) is 24.2 Å². The van der Waals surface area contributed by atoms with Crippen molar-refractivity contribution in [3.8, 4) is 0 Å². The van der Waals surface area contributed by atoms with Gasteiger partial charge in [-0.15, -0.1) is 0 Å². The first-order valence-electron chi connectivity index (χ1n) is 6.19. The zero-order valence-corrected chi connectivity index (χ0v) is 11.6. The molecule has 0 aliphatic carbocycles. The number of nitrogens with zero attached hydrogens (tertiary/aromatic N) is 1. The Morgan fingerprint density at radius 2 is 2.20 bits per heavy atom. The van der Waals surface area contributed by atoms with Crippen LogP contribution in [-0.2, 0) is 0 Å². The Hall–Kier alpha value is -1.21. The molecule has 1 aliphatic heterocycles. The Bertz CT molecular complexity index is 489. The predicted molar refractivity (Wildman–Crippen MR) is 68.8 cm³/mol. The number of likely N-dealkylation sites (N-methyl/N-ethyl adjacent to an activating group) is 1. The van der Waals surface area contributed by atoms with Crippen molar-refractivity contribution in [2.75, 3.05) is 13.6 Å². The summed E-state index contributed by atoms with van der Waals surface area (Å²) >= 11 is 5.70. The van der Waals surface area contributed by atoms with Gasteiger partial charge < -0.3 is 10.3 Å². The van der Waals surface area contributed by atoms with Crippen molar-refractivity contribution in [1.29, 1.82) is 0 Å². The molecular weight excluding hydrogens is 295 g/mol. The van der Waals surface area contributed by atoms with Crippen LogP contribution in [0, 0.1) is 0 Å². The molecule has 1 fully saturated rings. The summed E-state index contributed by atoms with van der Waals surface area (Å²) in [6.07, 6.45) is -2.47. The van der Waals surface area contributed by atoms with E-state index in [1.807, 2.05) is 0 Å². The molecule has 20 heavy (non-hydrogen) atoms. The van der Waals surface area contributed by atoms with E-state index in [1.54, 1.807) is 0 Å². The number of amides is 1. The average molecular weight is 310 g/mol. The third-order valence-electron chi connectivity index (χ3n) is 3.43. The lowest BCUT2D eigenvalue weighted by atomic mass is 9.98. The van der Waals surface area contributed by atoms with Gasteiger partial charge in [-0.3, -0.25) is 9.69 Å². The number of aromatic nitrogens is 1. The Morgan fingerprint density at radius 3 is 2.70 bits per heavy atom. The van der Waals surface area contributed by atoms with E-state index in [4.69, 9.17) is 11.6 Å². The van der Waals surface area contributed by atoms with Gasteiger partial charge in [0.1, 0.15) is 11.7 Å². The van der Waals surface area contributed by atoms with Crippen LogP contribution < -0.4 is 5.32 Å². The topological polar surface area (TPSA) is 48.1 Å². The van der Waals surface area contributed by atoms with Gasteiger partial charge in [-0.25, -0.2) is 0 Å². The second-order valence-corrected chi connectivity index (χ2v) is 5.41. The minimum atomic E-state index is -4.23. The third-order valence-corrected chi connectivity index (χ3v) is 3.65. The fraction of sp³-hybridized carbons (Fsp3) is 0.583. The molecule has 0 bridgehead atoms. The van der Waals surface area contributed by atoms with E-state index in [0.29, 0.717) is 17.1 Å². The molecule has 0 saturated carbocycles. The second-order valence-electron chi connectivity index (χ2n) is 4.98. The molecule has 1 saturated heterocycles. The first-order chi connectivity index (χ1) is 9.27. The van der Waals surface area contributed by atoms with Crippen molar-refractivity contribution in [3.63, 3.8) is 0 Å². The highest BCUT2D eigenvalue weighted by Crippen LogP contribution is 2.30. The number of carbonyl (C=O) groups excluding carboxylic acids is 1. The number of H-pyrrole nitrogens is 1. The summed E-state index contributed by atoms with van der Waals surface area (Å²) in [5.41, 5.74) is 0.301. The van der Waals surface area contributed by atoms with Gasteiger partial charge in [0.2, 0.25) is 0 Å². The number of likely N-dealkylation sites (tertiary alicyclic amines) is 1. The van der Waals surface area contributed by atoms with Crippen molar-refractivity contribution in [2.45, 2.75) is 31.1 Å². The van der Waals surface area contributed by atoms with Crippen LogP contribution in [0.25, 0.3) is 0 Å². The number of alkyl halides is 3. The smallest absolute Gasteiger partial charge is 0.356 e. The van der Waals surface area contributed by atoms with Crippen LogP contribution in [0.1, 0.15) is 23.3 Å². The number of piperidine rings is 1. The Labute approximate surface area is 119 Å². The van der Waals surface area contributed by atoms with Gasteiger partial charge in [0.05, 0.1) is 5.02 Å². The maximum Gasteiger partial charge on any atom is 0.404 e. The van der Waals surface area contributed by atoms with Crippen molar-refractivity contribution in [1.82, 2.24) is 15.2 Å². The maximum atomic E-state index is 12.7. The van der Waals surface area contributed by atoms with E-state index >= 15 is 0 Å². The van der Waals surface area contributed by atoms with Gasteiger partial charge in [0.25, 0.3) is 5.91 Å². The lowest BCUT2D eigenvalue weighted by molar-refractivity contribution is -0.188. The molecule has 1 aromatic rings. The fourth-order valence-electron chi connectivity index (χ4n) is 2.44. The van der Waals surface area contributed by atoms with E-state index in [2.05, 4.69) is 10.3 Å². The summed E-state index contributed by atoms with van der Waals surface area (Å²) in [5, 5.41) is 3.12. The van der Waals surface area contributed by atoms with E-state index in [-0.39, 0.29) is 24.9 Å². The number of hydrogen-bond acceptors (Lipinski definition) is 2. The van der Waals surface area contributed by atoms with Crippen LogP contribution in [0.4, 0.5) is 13.2 Å². The third kappa shape index (κ3) is 3.46. The number of hydrogen-bond donors (Lipinski definition) is 2. The SMILES string of the molecule is CN1C[C@H](NC(=O)c2cc(Cl)c[nH]2)CC[C@H]1C(F)(F)F. The summed E-state index contributed by atoms with van der Waals surface area (Å²) in [7, 11) is 1.42. The van der Waals surface area contributed by atoms with Crippen molar-refractivity contribution >= 4 is 17.5 Å². The lowest BCUT2D eigenvalue weighted by Crippen LogP contribution is -2.54. The molecule has 2 heterocycles. The predicted octanol–water partition coefficient (Wildman–Crippen LogP) is 2.42. The number of carbonyl (C=O) groups is 1. The molecule has 1 aliphatic rings. The molecule has 112 valence electrons. The van der Waals surface area contributed by atoms with Crippen LogP contribution in [0.2, 0.25) is 5.02 Å². The molecule has 2 N–H and O–H groups in total. The number of aromatic amines is 1. The Balaban J connectivity index is 1.92. The zero-order chi connectivity index (χ0) is 14.9. The molecule has 1 amide bonds. The van der Waals surface area contributed by atoms with Crippen molar-refractivity contribution in [3.05, 3.63) is 23.0 Å².